The second-order valence-electron chi connectivity index (χ2n) is 8.28. The van der Waals surface area contributed by atoms with E-state index in [0.29, 0.717) is 37.2 Å². The zero-order chi connectivity index (χ0) is 21.8. The molecule has 164 valence electrons. The molecule has 1 saturated heterocycles. The van der Waals surface area contributed by atoms with Crippen molar-refractivity contribution in [2.24, 2.45) is 0 Å². The van der Waals surface area contributed by atoms with E-state index in [4.69, 9.17) is 4.74 Å². The van der Waals surface area contributed by atoms with Crippen molar-refractivity contribution >= 4 is 29.1 Å². The summed E-state index contributed by atoms with van der Waals surface area (Å²) in [5.41, 5.74) is -0.152. The summed E-state index contributed by atoms with van der Waals surface area (Å²) in [6.45, 7) is 2.75. The highest BCUT2D eigenvalue weighted by Gasteiger charge is 2.40. The lowest BCUT2D eigenvalue weighted by molar-refractivity contribution is -0.135. The van der Waals surface area contributed by atoms with E-state index in [1.807, 2.05) is 24.4 Å². The van der Waals surface area contributed by atoms with Crippen molar-refractivity contribution in [3.05, 3.63) is 52.2 Å². The number of rotatable bonds is 5. The van der Waals surface area contributed by atoms with Crippen LogP contribution in [-0.2, 0) is 16.0 Å². The van der Waals surface area contributed by atoms with E-state index in [2.05, 4.69) is 16.7 Å². The number of carbonyl (C=O) groups is 3. The number of hydrogen-bond acceptors (Lipinski definition) is 5. The first kappa shape index (κ1) is 21.4. The molecule has 0 radical (unpaired) electrons. The van der Waals surface area contributed by atoms with Crippen molar-refractivity contribution in [1.82, 2.24) is 15.5 Å². The number of nitrogens with one attached hydrogen (secondary N) is 2. The quantitative estimate of drug-likeness (QED) is 0.746. The molecule has 2 aliphatic rings. The molecule has 8 heteroatoms. The molecule has 7 nitrogen and oxygen atoms in total. The first-order valence-electron chi connectivity index (χ1n) is 10.6. The Morgan fingerprint density at radius 1 is 1.26 bits per heavy atom. The van der Waals surface area contributed by atoms with Gasteiger partial charge in [-0.05, 0) is 36.9 Å². The van der Waals surface area contributed by atoms with E-state index in [0.717, 1.165) is 6.42 Å². The highest BCUT2D eigenvalue weighted by molar-refractivity contribution is 7.09. The second kappa shape index (κ2) is 9.09. The molecule has 2 aliphatic heterocycles. The first-order valence-corrected chi connectivity index (χ1v) is 11.5. The average molecular weight is 442 g/mol. The lowest BCUT2D eigenvalue weighted by Gasteiger charge is -2.32. The molecule has 0 saturated carbocycles. The van der Waals surface area contributed by atoms with Crippen molar-refractivity contribution in [3.63, 3.8) is 0 Å². The Bertz CT molecular complexity index is 961. The van der Waals surface area contributed by atoms with Crippen LogP contribution in [0.5, 0.6) is 5.75 Å². The molecule has 0 bridgehead atoms. The number of thiophene rings is 1. The Labute approximate surface area is 185 Å². The number of ether oxygens (including phenoxy) is 1. The summed E-state index contributed by atoms with van der Waals surface area (Å²) in [5.74, 6) is 0.150. The lowest BCUT2D eigenvalue weighted by atomic mass is 9.94. The van der Waals surface area contributed by atoms with Crippen LogP contribution in [0, 0.1) is 0 Å². The van der Waals surface area contributed by atoms with Gasteiger partial charge >= 0.3 is 0 Å². The minimum absolute atomic E-state index is 0.00326. The molecular formula is C23H27N3O4S. The summed E-state index contributed by atoms with van der Waals surface area (Å²) >= 11 is 1.67. The highest BCUT2D eigenvalue weighted by Crippen LogP contribution is 2.33. The highest BCUT2D eigenvalue weighted by atomic mass is 32.1. The SMILES string of the molecule is CC(Cc1cccs1)NC(=O)CN1CCC2(CCC1=O)CNC(=O)c1ccccc1O2. The van der Waals surface area contributed by atoms with Gasteiger partial charge < -0.3 is 20.3 Å². The van der Waals surface area contributed by atoms with Crippen LogP contribution in [0.25, 0.3) is 0 Å². The van der Waals surface area contributed by atoms with Crippen LogP contribution in [0.1, 0.15) is 41.4 Å². The fraction of sp³-hybridized carbons (Fsp3) is 0.435. The number of amides is 3. The van der Waals surface area contributed by atoms with Gasteiger partial charge in [0.15, 0.2) is 0 Å². The molecule has 1 fully saturated rings. The van der Waals surface area contributed by atoms with E-state index < -0.39 is 5.60 Å². The predicted molar refractivity (Wildman–Crippen MR) is 118 cm³/mol. The third kappa shape index (κ3) is 5.07. The van der Waals surface area contributed by atoms with Crippen molar-refractivity contribution < 1.29 is 19.1 Å². The summed E-state index contributed by atoms with van der Waals surface area (Å²) in [6, 6.07) is 11.2. The van der Waals surface area contributed by atoms with Gasteiger partial charge in [-0.15, -0.1) is 11.3 Å². The molecule has 2 N–H and O–H groups in total. The first-order chi connectivity index (χ1) is 14.9. The molecule has 2 aromatic rings. The maximum absolute atomic E-state index is 12.7. The number of nitrogens with zero attached hydrogens (tertiary/aromatic N) is 1. The summed E-state index contributed by atoms with van der Waals surface area (Å²) in [7, 11) is 0. The smallest absolute Gasteiger partial charge is 0.255 e. The van der Waals surface area contributed by atoms with E-state index in [1.165, 1.54) is 4.88 Å². The van der Waals surface area contributed by atoms with Crippen molar-refractivity contribution in [3.8, 4) is 5.75 Å². The van der Waals surface area contributed by atoms with Gasteiger partial charge in [-0.2, -0.15) is 0 Å². The maximum Gasteiger partial charge on any atom is 0.255 e. The Balaban J connectivity index is 1.37. The molecule has 0 aliphatic carbocycles. The molecule has 2 unspecified atom stereocenters. The largest absolute Gasteiger partial charge is 0.485 e. The fourth-order valence-electron chi connectivity index (χ4n) is 4.15. The molecule has 3 heterocycles. The van der Waals surface area contributed by atoms with E-state index in [1.54, 1.807) is 34.4 Å². The number of hydrogen-bond donors (Lipinski definition) is 2. The number of fused-ring (bicyclic) bond motifs is 1. The molecule has 1 spiro atoms. The van der Waals surface area contributed by atoms with E-state index in [-0.39, 0.29) is 36.7 Å². The third-order valence-corrected chi connectivity index (χ3v) is 6.74. The van der Waals surface area contributed by atoms with Crippen LogP contribution in [0.15, 0.2) is 41.8 Å². The monoisotopic (exact) mass is 441 g/mol. The molecule has 1 aromatic carbocycles. The molecule has 4 rings (SSSR count). The Kier molecular flexibility index (Phi) is 6.27. The van der Waals surface area contributed by atoms with Gasteiger partial charge in [0.2, 0.25) is 11.8 Å². The summed E-state index contributed by atoms with van der Waals surface area (Å²) in [4.78, 5) is 40.5. The third-order valence-electron chi connectivity index (χ3n) is 5.84. The van der Waals surface area contributed by atoms with Gasteiger partial charge in [0, 0.05) is 36.7 Å². The Hall–Kier alpha value is -2.87. The molecular weight excluding hydrogens is 414 g/mol. The number of benzene rings is 1. The Morgan fingerprint density at radius 2 is 2.10 bits per heavy atom. The summed E-state index contributed by atoms with van der Waals surface area (Å²) in [6.07, 6.45) is 2.09. The van der Waals surface area contributed by atoms with Gasteiger partial charge in [0.1, 0.15) is 11.4 Å². The minimum Gasteiger partial charge on any atom is -0.485 e. The standard InChI is InChI=1S/C23H27N3O4S/c1-16(13-17-5-4-12-31-17)25-20(27)14-26-11-10-23(9-8-21(26)28)15-24-22(29)18-6-2-3-7-19(18)30-23/h2-7,12,16H,8-11,13-15H2,1H3,(H,24,29)(H,25,27). The van der Waals surface area contributed by atoms with Crippen molar-refractivity contribution in [2.75, 3.05) is 19.6 Å². The Morgan fingerprint density at radius 3 is 2.90 bits per heavy atom. The number of para-hydroxylation sites is 1. The van der Waals surface area contributed by atoms with Gasteiger partial charge in [-0.1, -0.05) is 18.2 Å². The average Bonchev–Trinajstić information content (AvgIpc) is 3.15. The number of likely N-dealkylation sites (tertiary alicyclic amines) is 1. The zero-order valence-electron chi connectivity index (χ0n) is 17.6. The molecule has 3 amide bonds. The van der Waals surface area contributed by atoms with Crippen LogP contribution in [-0.4, -0.2) is 53.9 Å². The van der Waals surface area contributed by atoms with Crippen LogP contribution < -0.4 is 15.4 Å². The topological polar surface area (TPSA) is 87.7 Å². The van der Waals surface area contributed by atoms with Gasteiger partial charge in [0.25, 0.3) is 5.91 Å². The zero-order valence-corrected chi connectivity index (χ0v) is 18.4. The van der Waals surface area contributed by atoms with Gasteiger partial charge in [0.05, 0.1) is 18.7 Å². The molecule has 1 aromatic heterocycles. The second-order valence-corrected chi connectivity index (χ2v) is 9.31. The van der Waals surface area contributed by atoms with Crippen LogP contribution in [0.4, 0.5) is 0 Å². The normalized spacial score (nSPS) is 22.0. The summed E-state index contributed by atoms with van der Waals surface area (Å²) in [5, 5.41) is 7.95. The van der Waals surface area contributed by atoms with Crippen molar-refractivity contribution in [1.29, 1.82) is 0 Å². The van der Waals surface area contributed by atoms with E-state index >= 15 is 0 Å². The number of carbonyl (C=O) groups excluding carboxylic acids is 3. The molecule has 31 heavy (non-hydrogen) atoms. The minimum atomic E-state index is -0.657. The van der Waals surface area contributed by atoms with Crippen molar-refractivity contribution in [2.45, 2.75) is 44.2 Å². The summed E-state index contributed by atoms with van der Waals surface area (Å²) < 4.78 is 6.30. The van der Waals surface area contributed by atoms with Crippen LogP contribution >= 0.6 is 11.3 Å². The van der Waals surface area contributed by atoms with Crippen LogP contribution in [0.3, 0.4) is 0 Å². The van der Waals surface area contributed by atoms with Gasteiger partial charge in [-0.25, -0.2) is 0 Å². The fourth-order valence-corrected chi connectivity index (χ4v) is 4.99. The van der Waals surface area contributed by atoms with Gasteiger partial charge in [-0.3, -0.25) is 14.4 Å². The lowest BCUT2D eigenvalue weighted by Crippen LogP contribution is -2.47. The predicted octanol–water partition coefficient (Wildman–Crippen LogP) is 2.37. The maximum atomic E-state index is 12.7. The van der Waals surface area contributed by atoms with Crippen LogP contribution in [0.2, 0.25) is 0 Å². The van der Waals surface area contributed by atoms with E-state index in [9.17, 15) is 14.4 Å². The molecule has 2 atom stereocenters.